The second-order valence-corrected chi connectivity index (χ2v) is 10.5. The van der Waals surface area contributed by atoms with Gasteiger partial charge < -0.3 is 26.4 Å². The number of aryl methyl sites for hydroxylation is 1. The smallest absolute Gasteiger partial charge is 0.270 e. The van der Waals surface area contributed by atoms with Gasteiger partial charge in [0.2, 0.25) is 5.91 Å². The van der Waals surface area contributed by atoms with Crippen LogP contribution in [0, 0.1) is 6.92 Å². The number of rotatable bonds is 11. The predicted octanol–water partition coefficient (Wildman–Crippen LogP) is 4.02. The van der Waals surface area contributed by atoms with Gasteiger partial charge in [0.05, 0.1) is 12.3 Å². The van der Waals surface area contributed by atoms with Crippen molar-refractivity contribution in [3.05, 3.63) is 75.8 Å². The molecular formula is C29H35N5O4S. The van der Waals surface area contributed by atoms with Crippen molar-refractivity contribution in [2.24, 2.45) is 5.73 Å². The van der Waals surface area contributed by atoms with E-state index in [0.29, 0.717) is 24.3 Å². The number of primary amides is 1. The van der Waals surface area contributed by atoms with E-state index in [2.05, 4.69) is 9.69 Å². The lowest BCUT2D eigenvalue weighted by atomic mass is 10.0. The summed E-state index contributed by atoms with van der Waals surface area (Å²) in [4.78, 5) is 41.4. The van der Waals surface area contributed by atoms with E-state index in [0.717, 1.165) is 48.3 Å². The van der Waals surface area contributed by atoms with Gasteiger partial charge in [-0.15, -0.1) is 0 Å². The molecule has 5 N–H and O–H groups in total. The molecule has 9 nitrogen and oxygen atoms in total. The third-order valence-electron chi connectivity index (χ3n) is 7.07. The summed E-state index contributed by atoms with van der Waals surface area (Å²) in [7, 11) is 0. The number of carbonyl (C=O) groups excluding carboxylic acids is 3. The molecule has 1 atom stereocenters. The Bertz CT molecular complexity index is 1320. The SMILES string of the molecule is CCOc1ccc([C@H](C(=O)NC2CCCC2)N(CCc2ccccc2C)C(=O)c2snc(C(N)=O)c2N)cc1. The lowest BCUT2D eigenvalue weighted by Crippen LogP contribution is -2.46. The number of hydrogen-bond donors (Lipinski definition) is 3. The number of nitrogens with one attached hydrogen (secondary N) is 1. The van der Waals surface area contributed by atoms with E-state index in [1.165, 1.54) is 4.90 Å². The molecule has 0 saturated heterocycles. The number of benzene rings is 2. The van der Waals surface area contributed by atoms with E-state index in [9.17, 15) is 14.4 Å². The fourth-order valence-corrected chi connectivity index (χ4v) is 5.74. The van der Waals surface area contributed by atoms with E-state index >= 15 is 0 Å². The van der Waals surface area contributed by atoms with Gasteiger partial charge in [0.1, 0.15) is 16.7 Å². The number of nitrogens with zero attached hydrogens (tertiary/aromatic N) is 2. The summed E-state index contributed by atoms with van der Waals surface area (Å²) in [6.07, 6.45) is 4.44. The molecule has 10 heteroatoms. The molecule has 1 aliphatic carbocycles. The van der Waals surface area contributed by atoms with Crippen molar-refractivity contribution in [2.75, 3.05) is 18.9 Å². The van der Waals surface area contributed by atoms with Gasteiger partial charge in [-0.05, 0) is 73.5 Å². The van der Waals surface area contributed by atoms with Crippen LogP contribution in [0.3, 0.4) is 0 Å². The molecule has 0 radical (unpaired) electrons. The Morgan fingerprint density at radius 2 is 1.82 bits per heavy atom. The quantitative estimate of drug-likeness (QED) is 0.330. The first kappa shape index (κ1) is 28.1. The van der Waals surface area contributed by atoms with E-state index in [4.69, 9.17) is 16.2 Å². The van der Waals surface area contributed by atoms with Crippen LogP contribution < -0.4 is 21.5 Å². The van der Waals surface area contributed by atoms with Gasteiger partial charge in [0, 0.05) is 12.6 Å². The second-order valence-electron chi connectivity index (χ2n) is 9.71. The normalized spacial score (nSPS) is 14.1. The van der Waals surface area contributed by atoms with Crippen LogP contribution in [0.15, 0.2) is 48.5 Å². The molecule has 39 heavy (non-hydrogen) atoms. The van der Waals surface area contributed by atoms with Crippen molar-refractivity contribution < 1.29 is 19.1 Å². The number of aromatic nitrogens is 1. The Morgan fingerprint density at radius 1 is 1.13 bits per heavy atom. The minimum absolute atomic E-state index is 0.0611. The first-order valence-corrected chi connectivity index (χ1v) is 14.0. The predicted molar refractivity (Wildman–Crippen MR) is 152 cm³/mol. The first-order chi connectivity index (χ1) is 18.8. The monoisotopic (exact) mass is 549 g/mol. The molecule has 1 fully saturated rings. The van der Waals surface area contributed by atoms with Crippen molar-refractivity contribution in [1.29, 1.82) is 0 Å². The summed E-state index contributed by atoms with van der Waals surface area (Å²) >= 11 is 0.813. The van der Waals surface area contributed by atoms with Crippen LogP contribution in [0.5, 0.6) is 5.75 Å². The highest BCUT2D eigenvalue weighted by molar-refractivity contribution is 7.09. The van der Waals surface area contributed by atoms with Crippen LogP contribution in [0.2, 0.25) is 0 Å². The van der Waals surface area contributed by atoms with Gasteiger partial charge in [-0.1, -0.05) is 49.2 Å². The van der Waals surface area contributed by atoms with Crippen molar-refractivity contribution >= 4 is 34.9 Å². The highest BCUT2D eigenvalue weighted by Crippen LogP contribution is 2.31. The highest BCUT2D eigenvalue weighted by Gasteiger charge is 2.35. The standard InChI is InChI=1S/C29H35N5O4S/c1-3-38-22-14-12-20(13-15-22)25(28(36)32-21-10-6-7-11-21)34(17-16-19-9-5-4-8-18(19)2)29(37)26-23(30)24(27(31)35)33-39-26/h4-5,8-9,12-15,21,25H,3,6-7,10-11,16-17,30H2,1-2H3,(H2,31,35)(H,32,36)/t25-/m1/s1. The van der Waals surface area contributed by atoms with E-state index in [-0.39, 0.29) is 34.8 Å². The molecule has 1 aromatic heterocycles. The average Bonchev–Trinajstić information content (AvgIpc) is 3.57. The zero-order valence-electron chi connectivity index (χ0n) is 22.3. The minimum atomic E-state index is -0.934. The molecule has 1 aliphatic rings. The lowest BCUT2D eigenvalue weighted by molar-refractivity contribution is -0.126. The summed E-state index contributed by atoms with van der Waals surface area (Å²) in [6, 6.07) is 14.3. The molecule has 206 valence electrons. The van der Waals surface area contributed by atoms with Crippen LogP contribution in [-0.4, -0.2) is 46.2 Å². The van der Waals surface area contributed by atoms with Crippen LogP contribution in [0.25, 0.3) is 0 Å². The van der Waals surface area contributed by atoms with Crippen LogP contribution in [-0.2, 0) is 11.2 Å². The summed E-state index contributed by atoms with van der Waals surface area (Å²) in [5.74, 6) is -0.878. The van der Waals surface area contributed by atoms with E-state index in [1.807, 2.05) is 50.2 Å². The maximum Gasteiger partial charge on any atom is 0.270 e. The van der Waals surface area contributed by atoms with Crippen LogP contribution in [0.1, 0.15) is 75.5 Å². The number of ether oxygens (including phenoxy) is 1. The zero-order chi connectivity index (χ0) is 27.9. The number of hydrogen-bond acceptors (Lipinski definition) is 7. The number of amides is 3. The maximum atomic E-state index is 14.1. The van der Waals surface area contributed by atoms with Gasteiger partial charge in [0.25, 0.3) is 11.8 Å². The maximum absolute atomic E-state index is 14.1. The Labute approximate surface area is 232 Å². The third-order valence-corrected chi connectivity index (χ3v) is 7.92. The topological polar surface area (TPSA) is 141 Å². The highest BCUT2D eigenvalue weighted by atomic mass is 32.1. The number of carbonyl (C=O) groups is 3. The molecule has 0 unspecified atom stereocenters. The van der Waals surface area contributed by atoms with Gasteiger partial charge in [-0.25, -0.2) is 0 Å². The van der Waals surface area contributed by atoms with Crippen LogP contribution in [0.4, 0.5) is 5.69 Å². The molecule has 0 aliphatic heterocycles. The molecule has 3 amide bonds. The largest absolute Gasteiger partial charge is 0.494 e. The van der Waals surface area contributed by atoms with Crippen molar-refractivity contribution in [3.8, 4) is 5.75 Å². The lowest BCUT2D eigenvalue weighted by Gasteiger charge is -2.32. The van der Waals surface area contributed by atoms with Gasteiger partial charge in [0.15, 0.2) is 5.69 Å². The number of anilines is 1. The molecule has 1 saturated carbocycles. The Balaban J connectivity index is 1.75. The molecule has 3 aromatic rings. The van der Waals surface area contributed by atoms with Gasteiger partial charge in [-0.2, -0.15) is 4.37 Å². The van der Waals surface area contributed by atoms with Crippen molar-refractivity contribution in [1.82, 2.24) is 14.6 Å². The Kier molecular flexibility index (Phi) is 9.19. The van der Waals surface area contributed by atoms with Crippen LogP contribution >= 0.6 is 11.5 Å². The fourth-order valence-electron chi connectivity index (χ4n) is 4.98. The Hall–Kier alpha value is -3.92. The summed E-state index contributed by atoms with van der Waals surface area (Å²) in [6.45, 7) is 4.66. The summed E-state index contributed by atoms with van der Waals surface area (Å²) in [5, 5.41) is 3.17. The third kappa shape index (κ3) is 6.57. The molecule has 4 rings (SSSR count). The number of nitrogen functional groups attached to an aromatic ring is 1. The first-order valence-electron chi connectivity index (χ1n) is 13.2. The Morgan fingerprint density at radius 3 is 2.44 bits per heavy atom. The van der Waals surface area contributed by atoms with E-state index in [1.54, 1.807) is 12.1 Å². The van der Waals surface area contributed by atoms with Gasteiger partial charge in [-0.3, -0.25) is 14.4 Å². The van der Waals surface area contributed by atoms with E-state index < -0.39 is 17.9 Å². The summed E-state index contributed by atoms with van der Waals surface area (Å²) < 4.78 is 9.62. The minimum Gasteiger partial charge on any atom is -0.494 e. The average molecular weight is 550 g/mol. The number of nitrogens with two attached hydrogens (primary N) is 2. The second kappa shape index (κ2) is 12.8. The summed E-state index contributed by atoms with van der Waals surface area (Å²) in [5.41, 5.74) is 14.1. The van der Waals surface area contributed by atoms with Gasteiger partial charge >= 0.3 is 0 Å². The fraction of sp³-hybridized carbons (Fsp3) is 0.379. The molecule has 0 bridgehead atoms. The van der Waals surface area contributed by atoms with Crippen molar-refractivity contribution in [2.45, 2.75) is 58.0 Å². The molecule has 1 heterocycles. The zero-order valence-corrected chi connectivity index (χ0v) is 23.1. The molecular weight excluding hydrogens is 514 g/mol. The molecule has 0 spiro atoms. The van der Waals surface area contributed by atoms with Crippen molar-refractivity contribution in [3.63, 3.8) is 0 Å². The molecule has 2 aromatic carbocycles.